The van der Waals surface area contributed by atoms with Gasteiger partial charge in [-0.15, -0.1) is 11.3 Å². The maximum atomic E-state index is 5.64. The summed E-state index contributed by atoms with van der Waals surface area (Å²) in [6.07, 6.45) is 1.68. The fraction of sp³-hybridized carbons (Fsp3) is 0.0714. The molecule has 3 nitrogen and oxygen atoms in total. The highest BCUT2D eigenvalue weighted by Gasteiger charge is 2.06. The summed E-state index contributed by atoms with van der Waals surface area (Å²) >= 11 is 1.70. The lowest BCUT2D eigenvalue weighted by molar-refractivity contribution is 0.415. The highest BCUT2D eigenvalue weighted by Crippen LogP contribution is 2.34. The van der Waals surface area contributed by atoms with E-state index in [-0.39, 0.29) is 0 Å². The lowest BCUT2D eigenvalue weighted by Gasteiger charge is -1.97. The zero-order valence-electron chi connectivity index (χ0n) is 9.88. The smallest absolute Gasteiger partial charge is 0.120 e. The summed E-state index contributed by atoms with van der Waals surface area (Å²) in [6.45, 7) is 0. The Morgan fingerprint density at radius 1 is 1.17 bits per heavy atom. The molecular formula is C14H12N2OS. The largest absolute Gasteiger partial charge is 0.497 e. The number of rotatable bonds is 2. The van der Waals surface area contributed by atoms with E-state index in [0.29, 0.717) is 5.69 Å². The van der Waals surface area contributed by atoms with Crippen molar-refractivity contribution in [2.75, 3.05) is 12.8 Å². The SMILES string of the molecule is COc1ccc2cc(-c3ccc(N)cn3)sc2c1. The standard InChI is InChI=1S/C14H12N2OS/c1-17-11-4-2-9-6-14(18-13(9)7-11)12-5-3-10(15)8-16-12/h2-8H,15H2,1H3. The predicted molar refractivity (Wildman–Crippen MR) is 76.0 cm³/mol. The van der Waals surface area contributed by atoms with Gasteiger partial charge in [0.05, 0.1) is 29.6 Å². The first-order chi connectivity index (χ1) is 8.76. The number of ether oxygens (including phenoxy) is 1. The molecule has 18 heavy (non-hydrogen) atoms. The average molecular weight is 256 g/mol. The summed E-state index contributed by atoms with van der Waals surface area (Å²) in [4.78, 5) is 5.48. The predicted octanol–water partition coefficient (Wildman–Crippen LogP) is 3.55. The van der Waals surface area contributed by atoms with Gasteiger partial charge in [0.1, 0.15) is 5.75 Å². The van der Waals surface area contributed by atoms with Gasteiger partial charge in [-0.2, -0.15) is 0 Å². The fourth-order valence-electron chi connectivity index (χ4n) is 1.82. The summed E-state index contributed by atoms with van der Waals surface area (Å²) < 4.78 is 6.42. The Balaban J connectivity index is 2.10. The van der Waals surface area contributed by atoms with Crippen molar-refractivity contribution in [3.63, 3.8) is 0 Å². The maximum absolute atomic E-state index is 5.64. The van der Waals surface area contributed by atoms with Crippen LogP contribution < -0.4 is 10.5 Å². The maximum Gasteiger partial charge on any atom is 0.120 e. The van der Waals surface area contributed by atoms with Gasteiger partial charge >= 0.3 is 0 Å². The summed E-state index contributed by atoms with van der Waals surface area (Å²) in [6, 6.07) is 12.0. The number of pyridine rings is 1. The molecule has 0 unspecified atom stereocenters. The molecule has 0 aliphatic heterocycles. The van der Waals surface area contributed by atoms with Gasteiger partial charge in [-0.3, -0.25) is 4.98 Å². The number of aromatic nitrogens is 1. The quantitative estimate of drug-likeness (QED) is 0.762. The molecule has 1 aromatic carbocycles. The number of methoxy groups -OCH3 is 1. The van der Waals surface area contributed by atoms with Gasteiger partial charge < -0.3 is 10.5 Å². The Bertz CT molecular complexity index is 689. The zero-order chi connectivity index (χ0) is 12.5. The summed E-state index contributed by atoms with van der Waals surface area (Å²) in [5, 5.41) is 1.20. The normalized spacial score (nSPS) is 10.7. The summed E-state index contributed by atoms with van der Waals surface area (Å²) in [7, 11) is 1.68. The highest BCUT2D eigenvalue weighted by atomic mass is 32.1. The van der Waals surface area contributed by atoms with Crippen LogP contribution in [0.1, 0.15) is 0 Å². The lowest BCUT2D eigenvalue weighted by Crippen LogP contribution is -1.86. The van der Waals surface area contributed by atoms with Crippen LogP contribution in [0, 0.1) is 0 Å². The highest BCUT2D eigenvalue weighted by molar-refractivity contribution is 7.22. The first kappa shape index (κ1) is 11.0. The third-order valence-electron chi connectivity index (χ3n) is 2.77. The van der Waals surface area contributed by atoms with Gasteiger partial charge in [0, 0.05) is 4.70 Å². The Kier molecular flexibility index (Phi) is 2.64. The second-order valence-electron chi connectivity index (χ2n) is 3.99. The van der Waals surface area contributed by atoms with Crippen LogP contribution in [0.3, 0.4) is 0 Å². The van der Waals surface area contributed by atoms with Crippen LogP contribution in [0.15, 0.2) is 42.6 Å². The van der Waals surface area contributed by atoms with Crippen LogP contribution in [-0.2, 0) is 0 Å². The van der Waals surface area contributed by atoms with Crippen LogP contribution in [0.25, 0.3) is 20.7 Å². The number of nitrogens with two attached hydrogens (primary N) is 1. The topological polar surface area (TPSA) is 48.1 Å². The number of anilines is 1. The molecule has 0 saturated carbocycles. The van der Waals surface area contributed by atoms with Crippen LogP contribution in [0.2, 0.25) is 0 Å². The molecule has 0 amide bonds. The Labute approximate surface area is 109 Å². The van der Waals surface area contributed by atoms with E-state index in [1.807, 2.05) is 24.3 Å². The molecule has 0 fully saturated rings. The third-order valence-corrected chi connectivity index (χ3v) is 3.89. The summed E-state index contributed by atoms with van der Waals surface area (Å²) in [5.41, 5.74) is 7.27. The molecule has 4 heteroatoms. The van der Waals surface area contributed by atoms with Gasteiger partial charge in [0.2, 0.25) is 0 Å². The minimum Gasteiger partial charge on any atom is -0.497 e. The minimum atomic E-state index is 0.682. The molecule has 0 aliphatic carbocycles. The van der Waals surface area contributed by atoms with Crippen molar-refractivity contribution in [3.05, 3.63) is 42.6 Å². The van der Waals surface area contributed by atoms with Crippen LogP contribution in [0.5, 0.6) is 5.75 Å². The number of nitrogen functional groups attached to an aromatic ring is 1. The summed E-state index contributed by atoms with van der Waals surface area (Å²) in [5.74, 6) is 0.876. The molecule has 2 heterocycles. The monoisotopic (exact) mass is 256 g/mol. The molecule has 3 rings (SSSR count). The number of nitrogens with zero attached hydrogens (tertiary/aromatic N) is 1. The number of hydrogen-bond acceptors (Lipinski definition) is 4. The molecule has 2 aromatic heterocycles. The lowest BCUT2D eigenvalue weighted by atomic mass is 10.2. The van der Waals surface area contributed by atoms with Gasteiger partial charge in [0.15, 0.2) is 0 Å². The molecule has 2 N–H and O–H groups in total. The fourth-order valence-corrected chi connectivity index (χ4v) is 2.88. The molecule has 90 valence electrons. The number of fused-ring (bicyclic) bond motifs is 1. The molecule has 0 saturated heterocycles. The molecule has 0 aliphatic rings. The first-order valence-electron chi connectivity index (χ1n) is 5.56. The van der Waals surface area contributed by atoms with Crippen LogP contribution in [0.4, 0.5) is 5.69 Å². The van der Waals surface area contributed by atoms with E-state index in [1.165, 1.54) is 10.1 Å². The second-order valence-corrected chi connectivity index (χ2v) is 5.07. The average Bonchev–Trinajstić information content (AvgIpc) is 2.82. The third kappa shape index (κ3) is 1.91. The van der Waals surface area contributed by atoms with Crippen molar-refractivity contribution in [2.24, 2.45) is 0 Å². The Morgan fingerprint density at radius 2 is 2.06 bits per heavy atom. The molecule has 0 bridgehead atoms. The van der Waals surface area contributed by atoms with Gasteiger partial charge in [-0.1, -0.05) is 0 Å². The van der Waals surface area contributed by atoms with Crippen molar-refractivity contribution in [1.29, 1.82) is 0 Å². The Hall–Kier alpha value is -2.07. The van der Waals surface area contributed by atoms with Crippen molar-refractivity contribution in [2.45, 2.75) is 0 Å². The molecule has 0 atom stereocenters. The van der Waals surface area contributed by atoms with Crippen molar-refractivity contribution in [3.8, 4) is 16.3 Å². The number of hydrogen-bond donors (Lipinski definition) is 1. The zero-order valence-corrected chi connectivity index (χ0v) is 10.7. The van der Waals surface area contributed by atoms with E-state index in [4.69, 9.17) is 10.5 Å². The van der Waals surface area contributed by atoms with Crippen molar-refractivity contribution < 1.29 is 4.74 Å². The minimum absolute atomic E-state index is 0.682. The number of benzene rings is 1. The van der Waals surface area contributed by atoms with Gasteiger partial charge in [0.25, 0.3) is 0 Å². The van der Waals surface area contributed by atoms with E-state index < -0.39 is 0 Å². The molecule has 3 aromatic rings. The first-order valence-corrected chi connectivity index (χ1v) is 6.37. The van der Waals surface area contributed by atoms with Crippen LogP contribution >= 0.6 is 11.3 Å². The van der Waals surface area contributed by atoms with E-state index in [2.05, 4.69) is 17.1 Å². The second kappa shape index (κ2) is 4.31. The van der Waals surface area contributed by atoms with Crippen molar-refractivity contribution in [1.82, 2.24) is 4.98 Å². The molecular weight excluding hydrogens is 244 g/mol. The van der Waals surface area contributed by atoms with E-state index in [9.17, 15) is 0 Å². The van der Waals surface area contributed by atoms with E-state index in [1.54, 1.807) is 24.6 Å². The van der Waals surface area contributed by atoms with Crippen molar-refractivity contribution >= 4 is 27.1 Å². The molecule has 0 radical (unpaired) electrons. The van der Waals surface area contributed by atoms with E-state index in [0.717, 1.165) is 16.3 Å². The van der Waals surface area contributed by atoms with Gasteiger partial charge in [-0.05, 0) is 41.8 Å². The molecule has 0 spiro atoms. The Morgan fingerprint density at radius 3 is 2.78 bits per heavy atom. The van der Waals surface area contributed by atoms with E-state index >= 15 is 0 Å². The van der Waals surface area contributed by atoms with Crippen LogP contribution in [-0.4, -0.2) is 12.1 Å². The number of thiophene rings is 1. The van der Waals surface area contributed by atoms with Gasteiger partial charge in [-0.25, -0.2) is 0 Å².